The molecule has 0 saturated heterocycles. The Balaban J connectivity index is 1.77. The van der Waals surface area contributed by atoms with E-state index < -0.39 is 0 Å². The van der Waals surface area contributed by atoms with E-state index in [2.05, 4.69) is 4.98 Å². The molecule has 5 nitrogen and oxygen atoms in total. The van der Waals surface area contributed by atoms with Gasteiger partial charge in [-0.3, -0.25) is 9.20 Å². The molecule has 0 fully saturated rings. The summed E-state index contributed by atoms with van der Waals surface area (Å²) in [5.74, 6) is 1.48. The number of ether oxygens (including phenoxy) is 2. The van der Waals surface area contributed by atoms with Gasteiger partial charge in [-0.1, -0.05) is 0 Å². The topological polar surface area (TPSA) is 52.8 Å². The van der Waals surface area contributed by atoms with E-state index >= 15 is 0 Å². The third-order valence-corrected chi connectivity index (χ3v) is 3.56. The summed E-state index contributed by atoms with van der Waals surface area (Å²) in [7, 11) is 1.61. The molecule has 3 rings (SSSR count). The number of hydrogen-bond donors (Lipinski definition) is 0. The molecule has 0 atom stereocenters. The molecule has 0 aliphatic rings. The number of benzene rings is 1. The quantitative estimate of drug-likeness (QED) is 0.739. The molecule has 0 bridgehead atoms. The number of hydrogen-bond acceptors (Lipinski definition) is 5. The molecule has 0 saturated carbocycles. The number of thiazole rings is 1. The van der Waals surface area contributed by atoms with Crippen LogP contribution in [0.2, 0.25) is 0 Å². The highest BCUT2D eigenvalue weighted by atomic mass is 32.1. The lowest BCUT2D eigenvalue weighted by atomic mass is 10.3. The zero-order chi connectivity index (χ0) is 13.9. The van der Waals surface area contributed by atoms with Crippen LogP contribution in [0, 0.1) is 0 Å². The van der Waals surface area contributed by atoms with Crippen molar-refractivity contribution in [2.75, 3.05) is 7.11 Å². The second-order valence-electron chi connectivity index (χ2n) is 4.11. The summed E-state index contributed by atoms with van der Waals surface area (Å²) in [4.78, 5) is 16.9. The zero-order valence-electron chi connectivity index (χ0n) is 10.8. The van der Waals surface area contributed by atoms with E-state index in [-0.39, 0.29) is 12.2 Å². The number of aromatic nitrogens is 2. The maximum Gasteiger partial charge on any atom is 0.258 e. The predicted molar refractivity (Wildman–Crippen MR) is 76.7 cm³/mol. The second kappa shape index (κ2) is 5.34. The molecule has 1 aromatic carbocycles. The minimum Gasteiger partial charge on any atom is -0.497 e. The van der Waals surface area contributed by atoms with Crippen molar-refractivity contribution in [1.82, 2.24) is 9.38 Å². The van der Waals surface area contributed by atoms with Gasteiger partial charge < -0.3 is 9.47 Å². The van der Waals surface area contributed by atoms with Gasteiger partial charge in [0.25, 0.3) is 5.56 Å². The van der Waals surface area contributed by atoms with Crippen molar-refractivity contribution in [2.45, 2.75) is 6.61 Å². The van der Waals surface area contributed by atoms with E-state index in [0.717, 1.165) is 5.75 Å². The first-order valence-corrected chi connectivity index (χ1v) is 6.87. The maximum atomic E-state index is 11.8. The van der Waals surface area contributed by atoms with Crippen molar-refractivity contribution >= 4 is 16.3 Å². The van der Waals surface area contributed by atoms with Gasteiger partial charge in [-0.25, -0.2) is 4.98 Å². The van der Waals surface area contributed by atoms with Crippen LogP contribution in [-0.4, -0.2) is 16.5 Å². The standard InChI is InChI=1S/C14H12N2O3S/c1-18-11-2-4-12(5-3-11)19-9-10-8-13(17)16-6-7-20-14(16)15-10/h2-8H,9H2,1H3. The molecule has 0 amide bonds. The van der Waals surface area contributed by atoms with Crippen molar-refractivity contribution in [3.05, 3.63) is 58.0 Å². The summed E-state index contributed by atoms with van der Waals surface area (Å²) in [5.41, 5.74) is 0.526. The number of rotatable bonds is 4. The monoisotopic (exact) mass is 288 g/mol. The minimum absolute atomic E-state index is 0.0930. The molecule has 0 spiro atoms. The van der Waals surface area contributed by atoms with Gasteiger partial charge in [-0.2, -0.15) is 0 Å². The van der Waals surface area contributed by atoms with E-state index in [9.17, 15) is 4.79 Å². The SMILES string of the molecule is COc1ccc(OCc2cc(=O)n3ccsc3n2)cc1. The van der Waals surface area contributed by atoms with Crippen molar-refractivity contribution in [3.8, 4) is 11.5 Å². The van der Waals surface area contributed by atoms with E-state index in [1.54, 1.807) is 13.3 Å². The second-order valence-corrected chi connectivity index (χ2v) is 4.98. The molecule has 6 heteroatoms. The molecular formula is C14H12N2O3S. The summed E-state index contributed by atoms with van der Waals surface area (Å²) < 4.78 is 12.2. The van der Waals surface area contributed by atoms with Gasteiger partial charge in [0.1, 0.15) is 18.1 Å². The van der Waals surface area contributed by atoms with Gasteiger partial charge in [0, 0.05) is 17.6 Å². The molecule has 3 aromatic rings. The lowest BCUT2D eigenvalue weighted by Crippen LogP contribution is -2.14. The van der Waals surface area contributed by atoms with Gasteiger partial charge in [0.2, 0.25) is 0 Å². The van der Waals surface area contributed by atoms with Gasteiger partial charge in [0.15, 0.2) is 4.96 Å². The van der Waals surface area contributed by atoms with Crippen molar-refractivity contribution < 1.29 is 9.47 Å². The largest absolute Gasteiger partial charge is 0.497 e. The first-order chi connectivity index (χ1) is 9.76. The Morgan fingerprint density at radius 1 is 1.25 bits per heavy atom. The highest BCUT2D eigenvalue weighted by Gasteiger charge is 2.04. The average molecular weight is 288 g/mol. The van der Waals surface area contributed by atoms with Gasteiger partial charge in [-0.05, 0) is 24.3 Å². The normalized spacial score (nSPS) is 10.7. The number of fused-ring (bicyclic) bond motifs is 1. The Morgan fingerprint density at radius 2 is 2.00 bits per heavy atom. The molecule has 2 aromatic heterocycles. The fraction of sp³-hybridized carbons (Fsp3) is 0.143. The molecule has 102 valence electrons. The molecule has 0 aliphatic carbocycles. The summed E-state index contributed by atoms with van der Waals surface area (Å²) in [6.45, 7) is 0.260. The average Bonchev–Trinajstić information content (AvgIpc) is 2.94. The highest BCUT2D eigenvalue weighted by molar-refractivity contribution is 7.15. The fourth-order valence-corrected chi connectivity index (χ4v) is 2.53. The molecule has 0 unspecified atom stereocenters. The summed E-state index contributed by atoms with van der Waals surface area (Å²) in [6, 6.07) is 8.76. The first-order valence-electron chi connectivity index (χ1n) is 5.99. The zero-order valence-corrected chi connectivity index (χ0v) is 11.6. The number of nitrogens with zero attached hydrogens (tertiary/aromatic N) is 2. The first kappa shape index (κ1) is 12.7. The van der Waals surface area contributed by atoms with Crippen LogP contribution in [0.15, 0.2) is 46.7 Å². The lowest BCUT2D eigenvalue weighted by molar-refractivity contribution is 0.300. The van der Waals surface area contributed by atoms with E-state index in [1.807, 2.05) is 29.6 Å². The van der Waals surface area contributed by atoms with E-state index in [0.29, 0.717) is 16.4 Å². The lowest BCUT2D eigenvalue weighted by Gasteiger charge is -2.06. The van der Waals surface area contributed by atoms with Crippen LogP contribution >= 0.6 is 11.3 Å². The third kappa shape index (κ3) is 2.50. The molecule has 20 heavy (non-hydrogen) atoms. The van der Waals surface area contributed by atoms with Crippen LogP contribution in [-0.2, 0) is 6.61 Å². The minimum atomic E-state index is -0.0930. The maximum absolute atomic E-state index is 11.8. The van der Waals surface area contributed by atoms with E-state index in [1.165, 1.54) is 21.8 Å². The Labute approximate surface area is 119 Å². The fourth-order valence-electron chi connectivity index (χ4n) is 1.79. The van der Waals surface area contributed by atoms with Crippen molar-refractivity contribution in [3.63, 3.8) is 0 Å². The predicted octanol–water partition coefficient (Wildman–Crippen LogP) is 2.34. The van der Waals surface area contributed by atoms with Gasteiger partial charge >= 0.3 is 0 Å². The Bertz CT molecular complexity index is 777. The smallest absolute Gasteiger partial charge is 0.258 e. The Morgan fingerprint density at radius 3 is 2.75 bits per heavy atom. The van der Waals surface area contributed by atoms with Crippen LogP contribution < -0.4 is 15.0 Å². The van der Waals surface area contributed by atoms with Crippen molar-refractivity contribution in [2.24, 2.45) is 0 Å². The van der Waals surface area contributed by atoms with Crippen LogP contribution in [0.5, 0.6) is 11.5 Å². The summed E-state index contributed by atoms with van der Waals surface area (Å²) >= 11 is 1.42. The van der Waals surface area contributed by atoms with Crippen LogP contribution in [0.3, 0.4) is 0 Å². The van der Waals surface area contributed by atoms with Crippen LogP contribution in [0.25, 0.3) is 4.96 Å². The van der Waals surface area contributed by atoms with E-state index in [4.69, 9.17) is 9.47 Å². The molecule has 0 radical (unpaired) electrons. The highest BCUT2D eigenvalue weighted by Crippen LogP contribution is 2.18. The van der Waals surface area contributed by atoms with Gasteiger partial charge in [-0.15, -0.1) is 11.3 Å². The summed E-state index contributed by atoms with van der Waals surface area (Å²) in [6.07, 6.45) is 1.71. The van der Waals surface area contributed by atoms with Gasteiger partial charge in [0.05, 0.1) is 12.8 Å². The molecular weight excluding hydrogens is 276 g/mol. The van der Waals surface area contributed by atoms with Crippen molar-refractivity contribution in [1.29, 1.82) is 0 Å². The Hall–Kier alpha value is -2.34. The van der Waals surface area contributed by atoms with Crippen LogP contribution in [0.4, 0.5) is 0 Å². The Kier molecular flexibility index (Phi) is 3.39. The molecule has 0 N–H and O–H groups in total. The molecule has 0 aliphatic heterocycles. The van der Waals surface area contributed by atoms with Crippen LogP contribution in [0.1, 0.15) is 5.69 Å². The molecule has 2 heterocycles. The third-order valence-electron chi connectivity index (χ3n) is 2.80. The number of methoxy groups -OCH3 is 1. The summed E-state index contributed by atoms with van der Waals surface area (Å²) in [5, 5.41) is 1.83.